The van der Waals surface area contributed by atoms with Crippen molar-refractivity contribution in [3.05, 3.63) is 92.4 Å². The van der Waals surface area contributed by atoms with Gasteiger partial charge in [-0.05, 0) is 54.6 Å². The molecule has 2 amide bonds. The van der Waals surface area contributed by atoms with Crippen molar-refractivity contribution in [3.8, 4) is 17.0 Å². The quantitative estimate of drug-likeness (QED) is 0.357. The number of rotatable bonds is 4. The van der Waals surface area contributed by atoms with Gasteiger partial charge in [-0.1, -0.05) is 12.6 Å². The predicted octanol–water partition coefficient (Wildman–Crippen LogP) is 0.196. The maximum Gasteiger partial charge on any atom is 0.279 e. The number of amides is 2. The molecule has 0 unspecified atom stereocenters. The van der Waals surface area contributed by atoms with Gasteiger partial charge in [0.2, 0.25) is 10.0 Å². The van der Waals surface area contributed by atoms with Crippen molar-refractivity contribution in [1.82, 2.24) is 15.1 Å². The summed E-state index contributed by atoms with van der Waals surface area (Å²) >= 11 is 0. The van der Waals surface area contributed by atoms with Crippen LogP contribution in [-0.2, 0) is 10.0 Å². The van der Waals surface area contributed by atoms with Gasteiger partial charge in [-0.2, -0.15) is 0 Å². The predicted molar refractivity (Wildman–Crippen MR) is 122 cm³/mol. The van der Waals surface area contributed by atoms with Gasteiger partial charge in [-0.3, -0.25) is 24.8 Å². The third kappa shape index (κ3) is 3.58. The summed E-state index contributed by atoms with van der Waals surface area (Å²) in [5.74, 6) is -0.0899. The highest BCUT2D eigenvalue weighted by atomic mass is 32.2. The molecule has 2 aromatic heterocycles. The lowest BCUT2D eigenvalue weighted by atomic mass is 10.0. The van der Waals surface area contributed by atoms with Gasteiger partial charge in [0.25, 0.3) is 17.4 Å². The van der Waals surface area contributed by atoms with Crippen molar-refractivity contribution in [2.75, 3.05) is 0 Å². The Labute approximate surface area is 191 Å². The topological polar surface area (TPSA) is 157 Å². The Bertz CT molecular complexity index is 1780. The van der Waals surface area contributed by atoms with Crippen LogP contribution in [0.3, 0.4) is 0 Å². The van der Waals surface area contributed by atoms with Gasteiger partial charge in [0.15, 0.2) is 0 Å². The third-order valence-electron chi connectivity index (χ3n) is 5.36. The Kier molecular flexibility index (Phi) is 4.74. The monoisotopic (exact) mass is 476 g/mol. The van der Waals surface area contributed by atoms with E-state index in [-0.39, 0.29) is 15.7 Å². The summed E-state index contributed by atoms with van der Waals surface area (Å²) in [5, 5.41) is 10.8. The van der Waals surface area contributed by atoms with Gasteiger partial charge >= 0.3 is 0 Å². The van der Waals surface area contributed by atoms with Crippen LogP contribution in [0, 0.1) is 0 Å². The first kappa shape index (κ1) is 21.4. The number of benzene rings is 2. The molecule has 0 bridgehead atoms. The number of sulfonamides is 1. The van der Waals surface area contributed by atoms with E-state index in [4.69, 9.17) is 9.56 Å². The summed E-state index contributed by atoms with van der Waals surface area (Å²) in [6.07, 6.45) is 1.52. The second-order valence-corrected chi connectivity index (χ2v) is 9.13. The van der Waals surface area contributed by atoms with Crippen LogP contribution in [-0.4, -0.2) is 30.0 Å². The molecule has 2 aromatic carbocycles. The van der Waals surface area contributed by atoms with Gasteiger partial charge < -0.3 is 4.42 Å². The average Bonchev–Trinajstić information content (AvgIpc) is 3.46. The van der Waals surface area contributed by atoms with E-state index in [0.29, 0.717) is 33.7 Å². The van der Waals surface area contributed by atoms with Gasteiger partial charge in [-0.25, -0.2) is 18.2 Å². The number of nitrogens with one attached hydrogen (secondary N) is 2. The number of primary sulfonamides is 1. The molecule has 0 saturated heterocycles. The minimum absolute atomic E-state index is 0.0750. The number of furan rings is 1. The van der Waals surface area contributed by atoms with E-state index in [9.17, 15) is 22.8 Å². The molecule has 3 heterocycles. The molecule has 11 heteroatoms. The first-order valence-corrected chi connectivity index (χ1v) is 11.4. The average molecular weight is 476 g/mol. The molecule has 1 aliphatic rings. The van der Waals surface area contributed by atoms with Crippen LogP contribution >= 0.6 is 0 Å². The van der Waals surface area contributed by atoms with Crippen molar-refractivity contribution >= 4 is 34.5 Å². The van der Waals surface area contributed by atoms with E-state index >= 15 is 0 Å². The number of carbonyl (C=O) groups is 2. The number of nitrogens with zero attached hydrogens (tertiary/aromatic N) is 1. The van der Waals surface area contributed by atoms with Crippen LogP contribution in [0.2, 0.25) is 0 Å². The largest absolute Gasteiger partial charge is 0.457 e. The summed E-state index contributed by atoms with van der Waals surface area (Å²) in [7, 11) is -3.85. The van der Waals surface area contributed by atoms with E-state index in [1.54, 1.807) is 30.3 Å². The molecular weight excluding hydrogens is 460 g/mol. The molecule has 170 valence electrons. The highest BCUT2D eigenvalue weighted by Gasteiger charge is 2.27. The highest BCUT2D eigenvalue weighted by molar-refractivity contribution is 7.89. The normalized spacial score (nSPS) is 13.9. The number of aromatic nitrogens is 2. The molecule has 5 rings (SSSR count). The van der Waals surface area contributed by atoms with Crippen molar-refractivity contribution in [1.29, 1.82) is 0 Å². The van der Waals surface area contributed by atoms with E-state index in [0.717, 1.165) is 0 Å². The summed E-state index contributed by atoms with van der Waals surface area (Å²) in [4.78, 5) is 36.5. The van der Waals surface area contributed by atoms with E-state index in [2.05, 4.69) is 17.0 Å². The number of hydrogen-bond donors (Lipinski definition) is 3. The smallest absolute Gasteiger partial charge is 0.279 e. The van der Waals surface area contributed by atoms with E-state index in [1.165, 1.54) is 35.0 Å². The van der Waals surface area contributed by atoms with Gasteiger partial charge in [-0.15, -0.1) is 0 Å². The molecule has 0 spiro atoms. The number of aromatic amines is 1. The third-order valence-corrected chi connectivity index (χ3v) is 6.29. The zero-order chi connectivity index (χ0) is 24.2. The van der Waals surface area contributed by atoms with E-state index in [1.807, 2.05) is 0 Å². The highest BCUT2D eigenvalue weighted by Crippen LogP contribution is 2.27. The first-order valence-electron chi connectivity index (χ1n) is 9.87. The summed E-state index contributed by atoms with van der Waals surface area (Å²) < 4.78 is 29.9. The Morgan fingerprint density at radius 1 is 0.941 bits per heavy atom. The summed E-state index contributed by atoms with van der Waals surface area (Å²) in [6, 6.07) is 13.6. The molecule has 0 aliphatic carbocycles. The molecule has 0 saturated carbocycles. The molecule has 10 nitrogen and oxygen atoms in total. The standard InChI is InChI=1S/C23H16N4O6S/c1-12-18(23(30)27(26-12)14-3-6-16(7-4-14)34(24,31)32)11-15-5-9-20(33-15)13-2-8-17-19(10-13)22(29)25-21(17)28/h2-11,26H,1H2,(H2,24,31,32)(H,25,28,29)/b18-11-. The Morgan fingerprint density at radius 3 is 2.35 bits per heavy atom. The molecule has 0 fully saturated rings. The van der Waals surface area contributed by atoms with Crippen LogP contribution in [0.4, 0.5) is 0 Å². The maximum absolute atomic E-state index is 12.9. The lowest BCUT2D eigenvalue weighted by molar-refractivity contribution is 0.0879. The number of imide groups is 1. The lowest BCUT2D eigenvalue weighted by Gasteiger charge is -2.02. The second kappa shape index (κ2) is 7.54. The van der Waals surface area contributed by atoms with Gasteiger partial charge in [0.05, 0.1) is 32.3 Å². The SMILES string of the molecule is C=c1[nH]n(-c2ccc(S(N)(=O)=O)cc2)c(=O)/c1=C\c1ccc(-c2ccc3c(c2)C(=O)NC3=O)o1. The fourth-order valence-corrected chi connectivity index (χ4v) is 4.18. The van der Waals surface area contributed by atoms with Crippen LogP contribution in [0.5, 0.6) is 0 Å². The van der Waals surface area contributed by atoms with Crippen molar-refractivity contribution in [2.24, 2.45) is 5.14 Å². The zero-order valence-corrected chi connectivity index (χ0v) is 18.2. The van der Waals surface area contributed by atoms with Gasteiger partial charge in [0, 0.05) is 5.56 Å². The Morgan fingerprint density at radius 2 is 1.65 bits per heavy atom. The second-order valence-electron chi connectivity index (χ2n) is 7.57. The van der Waals surface area contributed by atoms with Crippen molar-refractivity contribution < 1.29 is 22.4 Å². The number of fused-ring (bicyclic) bond motifs is 1. The van der Waals surface area contributed by atoms with E-state index < -0.39 is 27.4 Å². The van der Waals surface area contributed by atoms with Crippen LogP contribution in [0.25, 0.3) is 29.7 Å². The number of nitrogens with two attached hydrogens (primary N) is 1. The molecule has 1 aliphatic heterocycles. The van der Waals surface area contributed by atoms with Crippen molar-refractivity contribution in [2.45, 2.75) is 4.90 Å². The minimum atomic E-state index is -3.85. The summed E-state index contributed by atoms with van der Waals surface area (Å²) in [6.45, 7) is 3.86. The summed E-state index contributed by atoms with van der Waals surface area (Å²) in [5.41, 5.74) is 1.15. The number of carbonyl (C=O) groups excluding carboxylic acids is 2. The van der Waals surface area contributed by atoms with Crippen LogP contribution < -0.4 is 26.6 Å². The lowest BCUT2D eigenvalue weighted by Crippen LogP contribution is -2.33. The number of hydrogen-bond acceptors (Lipinski definition) is 6. The maximum atomic E-state index is 12.9. The fraction of sp³-hybridized carbons (Fsp3) is 0. The molecule has 34 heavy (non-hydrogen) atoms. The Hall–Kier alpha value is -4.48. The molecule has 4 aromatic rings. The Balaban J connectivity index is 1.51. The molecule has 4 N–H and O–H groups in total. The minimum Gasteiger partial charge on any atom is -0.457 e. The molecule has 0 radical (unpaired) electrons. The number of H-pyrrole nitrogens is 1. The molecule has 0 atom stereocenters. The van der Waals surface area contributed by atoms with Crippen LogP contribution in [0.1, 0.15) is 26.5 Å². The fourth-order valence-electron chi connectivity index (χ4n) is 3.66. The van der Waals surface area contributed by atoms with Crippen LogP contribution in [0.15, 0.2) is 68.7 Å². The van der Waals surface area contributed by atoms with Gasteiger partial charge in [0.1, 0.15) is 11.5 Å². The molecular formula is C23H16N4O6S. The van der Waals surface area contributed by atoms with Crippen molar-refractivity contribution in [3.63, 3.8) is 0 Å². The first-order chi connectivity index (χ1) is 16.1. The zero-order valence-electron chi connectivity index (χ0n) is 17.4.